The minimum absolute atomic E-state index is 0.0619. The monoisotopic (exact) mass is 290 g/mol. The van der Waals surface area contributed by atoms with Crippen molar-refractivity contribution in [2.45, 2.75) is 25.6 Å². The predicted octanol–water partition coefficient (Wildman–Crippen LogP) is 2.50. The lowest BCUT2D eigenvalue weighted by molar-refractivity contribution is 0.0653. The topological polar surface area (TPSA) is 29.5 Å². The first-order valence-electron chi connectivity index (χ1n) is 4.36. The van der Waals surface area contributed by atoms with E-state index < -0.39 is 6.10 Å². The minimum Gasteiger partial charge on any atom is -0.487 e. The fraction of sp³-hybridized carbons (Fsp3) is 0.400. The molecular weight excluding hydrogens is 279 g/mol. The van der Waals surface area contributed by atoms with Gasteiger partial charge in [-0.15, -0.1) is 0 Å². The van der Waals surface area contributed by atoms with Gasteiger partial charge in [0, 0.05) is 9.13 Å². The van der Waals surface area contributed by atoms with E-state index >= 15 is 0 Å². The van der Waals surface area contributed by atoms with E-state index in [1.807, 2.05) is 25.1 Å². The molecule has 1 aromatic rings. The largest absolute Gasteiger partial charge is 0.487 e. The van der Waals surface area contributed by atoms with Gasteiger partial charge in [-0.05, 0) is 47.2 Å². The first-order valence-corrected chi connectivity index (χ1v) is 5.44. The summed E-state index contributed by atoms with van der Waals surface area (Å²) in [6.07, 6.45) is 0.329. The lowest BCUT2D eigenvalue weighted by Gasteiger charge is -2.10. The number of hydrogen-bond acceptors (Lipinski definition) is 2. The second kappa shape index (κ2) is 3.46. The maximum Gasteiger partial charge on any atom is 0.129 e. The van der Waals surface area contributed by atoms with Crippen LogP contribution in [0, 0.1) is 3.57 Å². The Balaban J connectivity index is 2.39. The molecule has 0 aromatic heterocycles. The minimum atomic E-state index is -0.449. The lowest BCUT2D eigenvalue weighted by atomic mass is 10.1. The van der Waals surface area contributed by atoms with Crippen LogP contribution in [0.3, 0.4) is 0 Å². The highest BCUT2D eigenvalue weighted by molar-refractivity contribution is 14.1. The van der Waals surface area contributed by atoms with Crippen LogP contribution >= 0.6 is 22.6 Å². The van der Waals surface area contributed by atoms with Crippen LogP contribution in [0.15, 0.2) is 18.2 Å². The molecular formula is C10H11IO2. The standard InChI is InChI=1S/C10H11IO2/c1-2-8-10(12)7-5-6(11)3-4-9(7)13-8/h3-5,8,10,12H,2H2,1H3. The Labute approximate surface area is 91.1 Å². The quantitative estimate of drug-likeness (QED) is 0.805. The molecule has 2 nitrogen and oxygen atoms in total. The summed E-state index contributed by atoms with van der Waals surface area (Å²) >= 11 is 2.24. The van der Waals surface area contributed by atoms with Crippen LogP contribution in [0.5, 0.6) is 5.75 Å². The van der Waals surface area contributed by atoms with Gasteiger partial charge in [0.05, 0.1) is 0 Å². The summed E-state index contributed by atoms with van der Waals surface area (Å²) in [5, 5.41) is 9.84. The molecule has 0 amide bonds. The van der Waals surface area contributed by atoms with Crippen molar-refractivity contribution in [3.8, 4) is 5.75 Å². The average molecular weight is 290 g/mol. The molecule has 0 spiro atoms. The van der Waals surface area contributed by atoms with Gasteiger partial charge in [-0.1, -0.05) is 6.92 Å². The molecule has 1 aliphatic rings. The van der Waals surface area contributed by atoms with Crippen molar-refractivity contribution < 1.29 is 9.84 Å². The van der Waals surface area contributed by atoms with Crippen molar-refractivity contribution in [2.24, 2.45) is 0 Å². The second-order valence-corrected chi connectivity index (χ2v) is 4.44. The van der Waals surface area contributed by atoms with Gasteiger partial charge < -0.3 is 9.84 Å². The number of aliphatic hydroxyl groups is 1. The third kappa shape index (κ3) is 1.55. The lowest BCUT2D eigenvalue weighted by Crippen LogP contribution is -2.16. The molecule has 0 saturated heterocycles. The van der Waals surface area contributed by atoms with Gasteiger partial charge in [-0.3, -0.25) is 0 Å². The summed E-state index contributed by atoms with van der Waals surface area (Å²) in [6, 6.07) is 5.90. The third-order valence-corrected chi connectivity index (χ3v) is 2.99. The molecule has 0 saturated carbocycles. The Hall–Kier alpha value is -0.290. The molecule has 0 radical (unpaired) electrons. The molecule has 0 aliphatic carbocycles. The molecule has 70 valence electrons. The number of aliphatic hydroxyl groups excluding tert-OH is 1. The van der Waals surface area contributed by atoms with E-state index in [-0.39, 0.29) is 6.10 Å². The Morgan fingerprint density at radius 1 is 1.54 bits per heavy atom. The van der Waals surface area contributed by atoms with E-state index in [0.717, 1.165) is 21.3 Å². The normalized spacial score (nSPS) is 25.5. The van der Waals surface area contributed by atoms with E-state index in [9.17, 15) is 5.11 Å². The van der Waals surface area contributed by atoms with Gasteiger partial charge in [-0.25, -0.2) is 0 Å². The summed E-state index contributed by atoms with van der Waals surface area (Å²) in [5.41, 5.74) is 0.929. The number of hydrogen-bond donors (Lipinski definition) is 1. The fourth-order valence-electron chi connectivity index (χ4n) is 1.59. The number of halogens is 1. The van der Waals surface area contributed by atoms with Crippen molar-refractivity contribution in [3.63, 3.8) is 0 Å². The van der Waals surface area contributed by atoms with Crippen LogP contribution in [-0.2, 0) is 0 Å². The van der Waals surface area contributed by atoms with Crippen LogP contribution in [0.2, 0.25) is 0 Å². The van der Waals surface area contributed by atoms with Crippen molar-refractivity contribution in [1.82, 2.24) is 0 Å². The van der Waals surface area contributed by atoms with Crippen molar-refractivity contribution in [2.75, 3.05) is 0 Å². The Morgan fingerprint density at radius 2 is 2.31 bits per heavy atom. The maximum absolute atomic E-state index is 9.84. The highest BCUT2D eigenvalue weighted by Gasteiger charge is 2.31. The summed E-state index contributed by atoms with van der Waals surface area (Å²) in [5.74, 6) is 0.833. The smallest absolute Gasteiger partial charge is 0.129 e. The van der Waals surface area contributed by atoms with Crippen LogP contribution in [0.25, 0.3) is 0 Å². The molecule has 2 unspecified atom stereocenters. The third-order valence-electron chi connectivity index (χ3n) is 2.32. The average Bonchev–Trinajstić information content (AvgIpc) is 2.44. The summed E-state index contributed by atoms with van der Waals surface area (Å²) < 4.78 is 6.70. The van der Waals surface area contributed by atoms with E-state index in [1.54, 1.807) is 0 Å². The Kier molecular flexibility index (Phi) is 2.47. The molecule has 1 N–H and O–H groups in total. The fourth-order valence-corrected chi connectivity index (χ4v) is 2.11. The first kappa shape index (κ1) is 9.27. The number of fused-ring (bicyclic) bond motifs is 1. The number of rotatable bonds is 1. The Morgan fingerprint density at radius 3 is 3.00 bits per heavy atom. The molecule has 0 fully saturated rings. The van der Waals surface area contributed by atoms with Gasteiger partial charge in [0.25, 0.3) is 0 Å². The van der Waals surface area contributed by atoms with E-state index in [2.05, 4.69) is 22.6 Å². The first-order chi connectivity index (χ1) is 6.22. The molecule has 13 heavy (non-hydrogen) atoms. The van der Waals surface area contributed by atoms with Gasteiger partial charge in [0.2, 0.25) is 0 Å². The van der Waals surface area contributed by atoms with Gasteiger partial charge in [0.1, 0.15) is 18.0 Å². The molecule has 2 rings (SSSR count). The molecule has 2 atom stereocenters. The van der Waals surface area contributed by atoms with Crippen LogP contribution in [0.1, 0.15) is 25.0 Å². The van der Waals surface area contributed by atoms with Gasteiger partial charge in [-0.2, -0.15) is 0 Å². The zero-order valence-corrected chi connectivity index (χ0v) is 9.48. The Bertz CT molecular complexity index is 325. The SMILES string of the molecule is CCC1Oc2ccc(I)cc2C1O. The van der Waals surface area contributed by atoms with Crippen molar-refractivity contribution in [3.05, 3.63) is 27.3 Å². The summed E-state index contributed by atoms with van der Waals surface area (Å²) in [4.78, 5) is 0. The van der Waals surface area contributed by atoms with Gasteiger partial charge >= 0.3 is 0 Å². The van der Waals surface area contributed by atoms with Crippen molar-refractivity contribution >= 4 is 22.6 Å². The summed E-state index contributed by atoms with van der Waals surface area (Å²) in [6.45, 7) is 2.02. The van der Waals surface area contributed by atoms with E-state index in [0.29, 0.717) is 0 Å². The van der Waals surface area contributed by atoms with Gasteiger partial charge in [0.15, 0.2) is 0 Å². The molecule has 3 heteroatoms. The molecule has 0 bridgehead atoms. The second-order valence-electron chi connectivity index (χ2n) is 3.19. The zero-order chi connectivity index (χ0) is 9.42. The predicted molar refractivity (Wildman–Crippen MR) is 58.8 cm³/mol. The number of ether oxygens (including phenoxy) is 1. The summed E-state index contributed by atoms with van der Waals surface area (Å²) in [7, 11) is 0. The van der Waals surface area contributed by atoms with E-state index in [1.165, 1.54) is 0 Å². The zero-order valence-electron chi connectivity index (χ0n) is 7.33. The molecule has 1 aromatic carbocycles. The van der Waals surface area contributed by atoms with Crippen LogP contribution < -0.4 is 4.74 Å². The number of benzene rings is 1. The highest BCUT2D eigenvalue weighted by Crippen LogP contribution is 2.38. The van der Waals surface area contributed by atoms with E-state index in [4.69, 9.17) is 4.74 Å². The maximum atomic E-state index is 9.84. The molecule has 1 heterocycles. The van der Waals surface area contributed by atoms with Crippen LogP contribution in [-0.4, -0.2) is 11.2 Å². The van der Waals surface area contributed by atoms with Crippen molar-refractivity contribution in [1.29, 1.82) is 0 Å². The highest BCUT2D eigenvalue weighted by atomic mass is 127. The molecule has 1 aliphatic heterocycles. The van der Waals surface area contributed by atoms with Crippen LogP contribution in [0.4, 0.5) is 0 Å².